The van der Waals surface area contributed by atoms with Crippen LogP contribution in [0.2, 0.25) is 0 Å². The van der Waals surface area contributed by atoms with Crippen LogP contribution < -0.4 is 10.6 Å². The Hall–Kier alpha value is -1.89. The second-order valence-electron chi connectivity index (χ2n) is 3.31. The number of furan rings is 1. The summed E-state index contributed by atoms with van der Waals surface area (Å²) < 4.78 is 31.6. The lowest BCUT2D eigenvalue weighted by molar-refractivity contribution is 0.261. The molecular formula is C11H7BrF2N2O2. The zero-order valence-electron chi connectivity index (χ0n) is 8.84. The van der Waals surface area contributed by atoms with Gasteiger partial charge in [0.15, 0.2) is 4.67 Å². The highest BCUT2D eigenvalue weighted by Gasteiger charge is 2.09. The van der Waals surface area contributed by atoms with Crippen molar-refractivity contribution < 1.29 is 18.0 Å². The summed E-state index contributed by atoms with van der Waals surface area (Å²) in [5.41, 5.74) is -0.252. The van der Waals surface area contributed by atoms with E-state index >= 15 is 0 Å². The van der Waals surface area contributed by atoms with Crippen molar-refractivity contribution in [1.29, 1.82) is 0 Å². The van der Waals surface area contributed by atoms with Crippen LogP contribution >= 0.6 is 15.9 Å². The molecule has 1 aromatic heterocycles. The van der Waals surface area contributed by atoms with Crippen LogP contribution in [0.25, 0.3) is 0 Å². The lowest BCUT2D eigenvalue weighted by atomic mass is 10.3. The highest BCUT2D eigenvalue weighted by Crippen LogP contribution is 2.19. The Balaban J connectivity index is 2.05. The number of benzene rings is 1. The van der Waals surface area contributed by atoms with Crippen molar-refractivity contribution in [3.05, 3.63) is 46.6 Å². The molecule has 0 bridgehead atoms. The molecule has 0 atom stereocenters. The molecule has 1 aromatic carbocycles. The summed E-state index contributed by atoms with van der Waals surface area (Å²) in [5, 5.41) is 4.49. The quantitative estimate of drug-likeness (QED) is 0.881. The Morgan fingerprint density at radius 2 is 1.94 bits per heavy atom. The molecule has 0 aliphatic carbocycles. The standard InChI is InChI=1S/C11H7BrF2N2O2/c12-9-3-4-10(18-9)16-11(17)15-8-5-6(13)1-2-7(8)14/h1-5H,(H2,15,16,17). The molecule has 0 unspecified atom stereocenters. The number of halogens is 3. The van der Waals surface area contributed by atoms with Gasteiger partial charge in [0.1, 0.15) is 11.6 Å². The average molecular weight is 317 g/mol. The van der Waals surface area contributed by atoms with Gasteiger partial charge in [-0.15, -0.1) is 0 Å². The molecule has 4 nitrogen and oxygen atoms in total. The predicted molar refractivity (Wildman–Crippen MR) is 65.4 cm³/mol. The molecule has 7 heteroatoms. The minimum Gasteiger partial charge on any atom is -0.434 e. The van der Waals surface area contributed by atoms with Gasteiger partial charge in [-0.3, -0.25) is 5.32 Å². The molecule has 0 spiro atoms. The minimum absolute atomic E-state index is 0.177. The minimum atomic E-state index is -0.735. The fourth-order valence-corrected chi connectivity index (χ4v) is 1.55. The van der Waals surface area contributed by atoms with Gasteiger partial charge < -0.3 is 9.73 Å². The van der Waals surface area contributed by atoms with E-state index in [1.807, 2.05) is 0 Å². The van der Waals surface area contributed by atoms with Crippen LogP contribution in [0.4, 0.5) is 25.1 Å². The van der Waals surface area contributed by atoms with Crippen LogP contribution in [0.1, 0.15) is 0 Å². The van der Waals surface area contributed by atoms with Crippen molar-refractivity contribution in [2.24, 2.45) is 0 Å². The van der Waals surface area contributed by atoms with Crippen molar-refractivity contribution in [3.63, 3.8) is 0 Å². The van der Waals surface area contributed by atoms with E-state index in [9.17, 15) is 13.6 Å². The first-order valence-electron chi connectivity index (χ1n) is 4.83. The summed E-state index contributed by atoms with van der Waals surface area (Å²) in [4.78, 5) is 11.5. The number of nitrogens with one attached hydrogen (secondary N) is 2. The van der Waals surface area contributed by atoms with E-state index in [1.54, 1.807) is 6.07 Å². The number of rotatable bonds is 2. The maximum atomic E-state index is 13.2. The fourth-order valence-electron chi connectivity index (χ4n) is 1.24. The molecule has 0 saturated carbocycles. The van der Waals surface area contributed by atoms with Crippen molar-refractivity contribution in [2.75, 3.05) is 10.6 Å². The van der Waals surface area contributed by atoms with E-state index in [1.165, 1.54) is 6.07 Å². The second-order valence-corrected chi connectivity index (χ2v) is 4.09. The van der Waals surface area contributed by atoms with Gasteiger partial charge in [-0.25, -0.2) is 13.6 Å². The third-order valence-corrected chi connectivity index (χ3v) is 2.41. The van der Waals surface area contributed by atoms with E-state index in [-0.39, 0.29) is 11.6 Å². The molecule has 2 rings (SSSR count). The second kappa shape index (κ2) is 5.18. The molecule has 0 aliphatic heterocycles. The summed E-state index contributed by atoms with van der Waals surface area (Å²) in [6.45, 7) is 0. The summed E-state index contributed by atoms with van der Waals surface area (Å²) in [6, 6.07) is 5.12. The molecule has 2 amide bonds. The van der Waals surface area contributed by atoms with Crippen LogP contribution in [0.5, 0.6) is 0 Å². The van der Waals surface area contributed by atoms with Gasteiger partial charge in [-0.2, -0.15) is 0 Å². The van der Waals surface area contributed by atoms with Gasteiger partial charge in [0.25, 0.3) is 0 Å². The van der Waals surface area contributed by atoms with Crippen molar-refractivity contribution >= 4 is 33.5 Å². The number of carbonyl (C=O) groups excluding carboxylic acids is 1. The number of anilines is 2. The highest BCUT2D eigenvalue weighted by molar-refractivity contribution is 9.10. The van der Waals surface area contributed by atoms with Gasteiger partial charge in [-0.1, -0.05) is 0 Å². The molecule has 0 saturated heterocycles. The highest BCUT2D eigenvalue weighted by atomic mass is 79.9. The van der Waals surface area contributed by atoms with Gasteiger partial charge >= 0.3 is 6.03 Å². The van der Waals surface area contributed by atoms with Crippen molar-refractivity contribution in [1.82, 2.24) is 0 Å². The molecule has 2 N–H and O–H groups in total. The third-order valence-electron chi connectivity index (χ3n) is 1.99. The van der Waals surface area contributed by atoms with Gasteiger partial charge in [0.05, 0.1) is 5.69 Å². The summed E-state index contributed by atoms with van der Waals surface area (Å²) in [7, 11) is 0. The van der Waals surface area contributed by atoms with Gasteiger partial charge in [0.2, 0.25) is 5.88 Å². The molecular weight excluding hydrogens is 310 g/mol. The summed E-state index contributed by atoms with van der Waals surface area (Å²) >= 11 is 3.06. The van der Waals surface area contributed by atoms with Crippen LogP contribution in [-0.4, -0.2) is 6.03 Å². The molecule has 0 fully saturated rings. The maximum absolute atomic E-state index is 13.2. The first-order valence-corrected chi connectivity index (χ1v) is 5.62. The number of amides is 2. The third kappa shape index (κ3) is 3.07. The fraction of sp³-hybridized carbons (Fsp3) is 0. The molecule has 94 valence electrons. The van der Waals surface area contributed by atoms with E-state index in [4.69, 9.17) is 4.42 Å². The largest absolute Gasteiger partial charge is 0.434 e. The maximum Gasteiger partial charge on any atom is 0.326 e. The summed E-state index contributed by atoms with van der Waals surface area (Å²) in [6.07, 6.45) is 0. The molecule has 0 aliphatic rings. The Morgan fingerprint density at radius 3 is 2.61 bits per heavy atom. The normalized spacial score (nSPS) is 10.2. The first kappa shape index (κ1) is 12.6. The van der Waals surface area contributed by atoms with Gasteiger partial charge in [-0.05, 0) is 34.1 Å². The molecule has 2 aromatic rings. The lowest BCUT2D eigenvalue weighted by Crippen LogP contribution is -2.19. The Labute approximate surface area is 109 Å². The Bertz CT molecular complexity index is 586. The zero-order valence-corrected chi connectivity index (χ0v) is 10.4. The Morgan fingerprint density at radius 1 is 1.17 bits per heavy atom. The van der Waals surface area contributed by atoms with E-state index in [2.05, 4.69) is 26.6 Å². The van der Waals surface area contributed by atoms with Crippen molar-refractivity contribution in [2.45, 2.75) is 0 Å². The lowest BCUT2D eigenvalue weighted by Gasteiger charge is -2.06. The zero-order chi connectivity index (χ0) is 13.1. The monoisotopic (exact) mass is 316 g/mol. The average Bonchev–Trinajstić information content (AvgIpc) is 2.69. The number of hydrogen-bond donors (Lipinski definition) is 2. The first-order chi connectivity index (χ1) is 8.54. The van der Waals surface area contributed by atoms with E-state index < -0.39 is 17.7 Å². The SMILES string of the molecule is O=C(Nc1ccc(Br)o1)Nc1cc(F)ccc1F. The van der Waals surface area contributed by atoms with Crippen LogP contribution in [0.3, 0.4) is 0 Å². The van der Waals surface area contributed by atoms with Crippen molar-refractivity contribution in [3.8, 4) is 0 Å². The molecule has 0 radical (unpaired) electrons. The Kier molecular flexibility index (Phi) is 3.61. The smallest absolute Gasteiger partial charge is 0.326 e. The topological polar surface area (TPSA) is 54.3 Å². The predicted octanol–water partition coefficient (Wildman–Crippen LogP) is 3.96. The van der Waals surface area contributed by atoms with E-state index in [0.29, 0.717) is 4.67 Å². The number of carbonyl (C=O) groups is 1. The van der Waals surface area contributed by atoms with Crippen LogP contribution in [-0.2, 0) is 0 Å². The summed E-state index contributed by atoms with van der Waals surface area (Å²) in [5.74, 6) is -1.20. The molecule has 1 heterocycles. The number of hydrogen-bond acceptors (Lipinski definition) is 2. The van der Waals surface area contributed by atoms with E-state index in [0.717, 1.165) is 18.2 Å². The number of urea groups is 1. The van der Waals surface area contributed by atoms with Crippen LogP contribution in [0, 0.1) is 11.6 Å². The van der Waals surface area contributed by atoms with Crippen LogP contribution in [0.15, 0.2) is 39.4 Å². The van der Waals surface area contributed by atoms with Gasteiger partial charge in [0, 0.05) is 12.1 Å². The molecule has 18 heavy (non-hydrogen) atoms.